The Morgan fingerprint density at radius 2 is 1.65 bits per heavy atom. The van der Waals surface area contributed by atoms with Crippen LogP contribution in [-0.4, -0.2) is 12.1 Å². The number of methoxy groups -OCH3 is 1. The molecule has 0 unspecified atom stereocenters. The number of hydrogen-bond acceptors (Lipinski definition) is 3. The summed E-state index contributed by atoms with van der Waals surface area (Å²) in [5.74, 6) is 0.971. The molecule has 0 atom stereocenters. The third-order valence-corrected chi connectivity index (χ3v) is 4.06. The summed E-state index contributed by atoms with van der Waals surface area (Å²) in [5, 5.41) is 1.09. The third-order valence-electron chi connectivity index (χ3n) is 2.94. The maximum absolute atomic E-state index is 5.38. The van der Waals surface area contributed by atoms with Crippen molar-refractivity contribution in [2.75, 3.05) is 7.11 Å². The van der Waals surface area contributed by atoms with Crippen LogP contribution >= 0.6 is 11.3 Å². The van der Waals surface area contributed by atoms with Gasteiger partial charge in [-0.25, -0.2) is 4.98 Å². The first-order valence-electron chi connectivity index (χ1n) is 5.62. The highest BCUT2D eigenvalue weighted by atomic mass is 32.1. The number of rotatable bonds is 2. The number of ether oxygens (including phenoxy) is 1. The first-order chi connectivity index (χ1) is 8.02. The molecule has 1 aromatic heterocycles. The Bertz CT molecular complexity index is 515. The molecule has 3 heteroatoms. The summed E-state index contributed by atoms with van der Waals surface area (Å²) in [6.45, 7) is 8.31. The Balaban J connectivity index is 2.54. The van der Waals surface area contributed by atoms with Crippen molar-refractivity contribution in [3.05, 3.63) is 33.8 Å². The van der Waals surface area contributed by atoms with Crippen LogP contribution < -0.4 is 4.74 Å². The molecular weight excluding hydrogens is 230 g/mol. The van der Waals surface area contributed by atoms with Gasteiger partial charge in [0.2, 0.25) is 0 Å². The van der Waals surface area contributed by atoms with Crippen molar-refractivity contribution in [3.63, 3.8) is 0 Å². The fraction of sp³-hybridized carbons (Fsp3) is 0.357. The number of nitrogens with zero attached hydrogens (tertiary/aromatic N) is 1. The van der Waals surface area contributed by atoms with Crippen LogP contribution in [0, 0.1) is 27.7 Å². The van der Waals surface area contributed by atoms with Crippen LogP contribution in [0.15, 0.2) is 12.1 Å². The fourth-order valence-corrected chi connectivity index (χ4v) is 2.89. The molecule has 0 saturated heterocycles. The molecule has 2 rings (SSSR count). The topological polar surface area (TPSA) is 22.1 Å². The quantitative estimate of drug-likeness (QED) is 0.798. The highest BCUT2D eigenvalue weighted by Crippen LogP contribution is 2.32. The van der Waals surface area contributed by atoms with E-state index in [0.717, 1.165) is 27.6 Å². The van der Waals surface area contributed by atoms with Crippen molar-refractivity contribution >= 4 is 11.3 Å². The Morgan fingerprint density at radius 1 is 1.06 bits per heavy atom. The molecule has 0 saturated carbocycles. The number of thiazole rings is 1. The van der Waals surface area contributed by atoms with E-state index in [2.05, 4.69) is 44.8 Å². The van der Waals surface area contributed by atoms with Gasteiger partial charge in [-0.05, 0) is 51.0 Å². The van der Waals surface area contributed by atoms with Crippen LogP contribution in [0.4, 0.5) is 0 Å². The average molecular weight is 247 g/mol. The van der Waals surface area contributed by atoms with Crippen molar-refractivity contribution < 1.29 is 4.74 Å². The van der Waals surface area contributed by atoms with Gasteiger partial charge >= 0.3 is 0 Å². The summed E-state index contributed by atoms with van der Waals surface area (Å²) in [5.41, 5.74) is 4.62. The van der Waals surface area contributed by atoms with Crippen molar-refractivity contribution in [3.8, 4) is 16.3 Å². The van der Waals surface area contributed by atoms with E-state index in [1.807, 2.05) is 0 Å². The molecule has 2 nitrogen and oxygen atoms in total. The zero-order valence-electron chi connectivity index (χ0n) is 10.9. The largest absolute Gasteiger partial charge is 0.496 e. The Labute approximate surface area is 106 Å². The molecule has 0 aliphatic heterocycles. The van der Waals surface area contributed by atoms with E-state index in [1.165, 1.54) is 10.4 Å². The molecular formula is C14H17NOS. The summed E-state index contributed by atoms with van der Waals surface area (Å²) >= 11 is 1.75. The van der Waals surface area contributed by atoms with E-state index in [-0.39, 0.29) is 0 Å². The molecule has 1 heterocycles. The lowest BCUT2D eigenvalue weighted by Crippen LogP contribution is -1.92. The van der Waals surface area contributed by atoms with E-state index >= 15 is 0 Å². The van der Waals surface area contributed by atoms with Gasteiger partial charge in [-0.2, -0.15) is 0 Å². The maximum atomic E-state index is 5.38. The van der Waals surface area contributed by atoms with Gasteiger partial charge in [0.15, 0.2) is 0 Å². The van der Waals surface area contributed by atoms with E-state index in [4.69, 9.17) is 4.74 Å². The second-order valence-corrected chi connectivity index (χ2v) is 5.51. The molecule has 2 aromatic rings. The minimum atomic E-state index is 0.971. The molecule has 0 N–H and O–H groups in total. The molecule has 17 heavy (non-hydrogen) atoms. The van der Waals surface area contributed by atoms with Crippen LogP contribution in [0.1, 0.15) is 21.7 Å². The zero-order chi connectivity index (χ0) is 12.6. The predicted molar refractivity (Wildman–Crippen MR) is 73.1 cm³/mol. The number of aryl methyl sites for hydroxylation is 4. The first-order valence-corrected chi connectivity index (χ1v) is 6.44. The maximum Gasteiger partial charge on any atom is 0.124 e. The average Bonchev–Trinajstić information content (AvgIpc) is 2.59. The van der Waals surface area contributed by atoms with Crippen LogP contribution in [-0.2, 0) is 0 Å². The van der Waals surface area contributed by atoms with Crippen molar-refractivity contribution in [2.45, 2.75) is 27.7 Å². The molecule has 0 spiro atoms. The van der Waals surface area contributed by atoms with Gasteiger partial charge in [0.05, 0.1) is 12.8 Å². The van der Waals surface area contributed by atoms with E-state index in [0.29, 0.717) is 0 Å². The van der Waals surface area contributed by atoms with Crippen LogP contribution in [0.2, 0.25) is 0 Å². The van der Waals surface area contributed by atoms with Crippen LogP contribution in [0.3, 0.4) is 0 Å². The predicted octanol–water partition coefficient (Wildman–Crippen LogP) is 4.05. The SMILES string of the molecule is COc1c(C)cc(-c2nc(C)c(C)s2)cc1C. The first kappa shape index (κ1) is 12.1. The van der Waals surface area contributed by atoms with Gasteiger partial charge < -0.3 is 4.74 Å². The molecule has 0 aliphatic rings. The molecule has 1 aromatic carbocycles. The van der Waals surface area contributed by atoms with Gasteiger partial charge in [-0.1, -0.05) is 0 Å². The molecule has 0 bridgehead atoms. The zero-order valence-corrected chi connectivity index (χ0v) is 11.7. The second-order valence-electron chi connectivity index (χ2n) is 4.30. The summed E-state index contributed by atoms with van der Waals surface area (Å²) < 4.78 is 5.38. The number of benzene rings is 1. The lowest BCUT2D eigenvalue weighted by molar-refractivity contribution is 0.408. The van der Waals surface area contributed by atoms with Gasteiger partial charge in [0.1, 0.15) is 10.8 Å². The Kier molecular flexibility index (Phi) is 3.20. The highest BCUT2D eigenvalue weighted by molar-refractivity contribution is 7.15. The Hall–Kier alpha value is -1.35. The third kappa shape index (κ3) is 2.20. The standard InChI is InChI=1S/C14H17NOS/c1-8-6-12(7-9(2)13(8)16-5)14-15-10(3)11(4)17-14/h6-7H,1-5H3. The molecule has 0 aliphatic carbocycles. The second kappa shape index (κ2) is 4.49. The molecule has 0 amide bonds. The number of aromatic nitrogens is 1. The van der Waals surface area contributed by atoms with E-state index in [1.54, 1.807) is 18.4 Å². The summed E-state index contributed by atoms with van der Waals surface area (Å²) in [6.07, 6.45) is 0. The van der Waals surface area contributed by atoms with E-state index < -0.39 is 0 Å². The van der Waals surface area contributed by atoms with Crippen LogP contribution in [0.25, 0.3) is 10.6 Å². The van der Waals surface area contributed by atoms with E-state index in [9.17, 15) is 0 Å². The molecule has 90 valence electrons. The minimum absolute atomic E-state index is 0.971. The lowest BCUT2D eigenvalue weighted by atomic mass is 10.1. The summed E-state index contributed by atoms with van der Waals surface area (Å²) in [6, 6.07) is 4.28. The van der Waals surface area contributed by atoms with Crippen LogP contribution in [0.5, 0.6) is 5.75 Å². The van der Waals surface area contributed by atoms with Gasteiger partial charge in [0.25, 0.3) is 0 Å². The fourth-order valence-electron chi connectivity index (χ4n) is 1.99. The normalized spacial score (nSPS) is 10.6. The number of hydrogen-bond donors (Lipinski definition) is 0. The molecule has 0 radical (unpaired) electrons. The van der Waals surface area contributed by atoms with Crippen molar-refractivity contribution in [2.24, 2.45) is 0 Å². The van der Waals surface area contributed by atoms with Crippen molar-refractivity contribution in [1.82, 2.24) is 4.98 Å². The van der Waals surface area contributed by atoms with Gasteiger partial charge in [-0.15, -0.1) is 11.3 Å². The van der Waals surface area contributed by atoms with Crippen molar-refractivity contribution in [1.29, 1.82) is 0 Å². The highest BCUT2D eigenvalue weighted by Gasteiger charge is 2.10. The lowest BCUT2D eigenvalue weighted by Gasteiger charge is -2.09. The van der Waals surface area contributed by atoms with Gasteiger partial charge in [0, 0.05) is 10.4 Å². The monoisotopic (exact) mass is 247 g/mol. The minimum Gasteiger partial charge on any atom is -0.496 e. The summed E-state index contributed by atoms with van der Waals surface area (Å²) in [4.78, 5) is 5.88. The Morgan fingerprint density at radius 3 is 2.06 bits per heavy atom. The molecule has 0 fully saturated rings. The smallest absolute Gasteiger partial charge is 0.124 e. The van der Waals surface area contributed by atoms with Gasteiger partial charge in [-0.3, -0.25) is 0 Å². The summed E-state index contributed by atoms with van der Waals surface area (Å²) in [7, 11) is 1.71.